The number of aromatic nitrogens is 4. The van der Waals surface area contributed by atoms with E-state index in [1.807, 2.05) is 19.1 Å². The Balaban J connectivity index is 1.59. The maximum absolute atomic E-state index is 5.60. The third-order valence-electron chi connectivity index (χ3n) is 4.86. The third-order valence-corrected chi connectivity index (χ3v) is 4.86. The van der Waals surface area contributed by atoms with Crippen LogP contribution in [0.2, 0.25) is 0 Å². The van der Waals surface area contributed by atoms with Crippen LogP contribution in [0.15, 0.2) is 42.5 Å². The van der Waals surface area contributed by atoms with Crippen molar-refractivity contribution >= 4 is 11.5 Å². The van der Waals surface area contributed by atoms with E-state index in [4.69, 9.17) is 4.74 Å². The lowest BCUT2D eigenvalue weighted by atomic mass is 9.74. The molecule has 0 amide bonds. The summed E-state index contributed by atoms with van der Waals surface area (Å²) in [5.41, 5.74) is 2.21. The average Bonchev–Trinajstić information content (AvgIpc) is 3.02. The van der Waals surface area contributed by atoms with Crippen LogP contribution in [0, 0.1) is 6.92 Å². The Labute approximate surface area is 140 Å². The average molecular weight is 323 g/mol. The molecule has 0 atom stereocenters. The number of aryl methyl sites for hydroxylation is 1. The van der Waals surface area contributed by atoms with Gasteiger partial charge >= 0.3 is 0 Å². The van der Waals surface area contributed by atoms with E-state index in [1.165, 1.54) is 5.56 Å². The van der Waals surface area contributed by atoms with Crippen LogP contribution in [0.25, 0.3) is 5.65 Å². The molecule has 0 unspecified atom stereocenters. The first-order valence-corrected chi connectivity index (χ1v) is 8.33. The Morgan fingerprint density at radius 3 is 2.67 bits per heavy atom. The molecule has 1 fully saturated rings. The van der Waals surface area contributed by atoms with E-state index in [-0.39, 0.29) is 5.41 Å². The lowest BCUT2D eigenvalue weighted by Crippen LogP contribution is -2.40. The molecule has 1 aliphatic heterocycles. The van der Waals surface area contributed by atoms with Gasteiger partial charge in [-0.15, -0.1) is 15.3 Å². The van der Waals surface area contributed by atoms with Crippen molar-refractivity contribution in [1.29, 1.82) is 0 Å². The molecule has 124 valence electrons. The number of nitrogens with zero attached hydrogens (tertiary/aromatic N) is 4. The fraction of sp³-hybridized carbons (Fsp3) is 0.389. The molecule has 4 rings (SSSR count). The first kappa shape index (κ1) is 15.1. The molecule has 6 heteroatoms. The van der Waals surface area contributed by atoms with E-state index in [0.717, 1.165) is 49.9 Å². The highest BCUT2D eigenvalue weighted by Crippen LogP contribution is 2.34. The second-order valence-electron chi connectivity index (χ2n) is 6.35. The number of hydrogen-bond donors (Lipinski definition) is 1. The first-order chi connectivity index (χ1) is 11.8. The highest BCUT2D eigenvalue weighted by atomic mass is 16.5. The summed E-state index contributed by atoms with van der Waals surface area (Å²) in [6.07, 6.45) is 2.02. The van der Waals surface area contributed by atoms with Crippen LogP contribution >= 0.6 is 0 Å². The van der Waals surface area contributed by atoms with Crippen LogP contribution in [-0.4, -0.2) is 39.6 Å². The van der Waals surface area contributed by atoms with Gasteiger partial charge in [-0.3, -0.25) is 0 Å². The summed E-state index contributed by atoms with van der Waals surface area (Å²) in [4.78, 5) is 0. The number of fused-ring (bicyclic) bond motifs is 1. The number of benzene rings is 1. The summed E-state index contributed by atoms with van der Waals surface area (Å²) in [5, 5.41) is 16.2. The maximum atomic E-state index is 5.60. The Kier molecular flexibility index (Phi) is 3.90. The summed E-state index contributed by atoms with van der Waals surface area (Å²) in [6.45, 7) is 4.34. The molecule has 0 saturated carbocycles. The van der Waals surface area contributed by atoms with Gasteiger partial charge in [0.1, 0.15) is 5.82 Å². The third kappa shape index (κ3) is 2.73. The highest BCUT2D eigenvalue weighted by molar-refractivity contribution is 5.44. The van der Waals surface area contributed by atoms with Crippen molar-refractivity contribution in [2.24, 2.45) is 0 Å². The Morgan fingerprint density at radius 1 is 1.08 bits per heavy atom. The lowest BCUT2D eigenvalue weighted by molar-refractivity contribution is 0.0543. The van der Waals surface area contributed by atoms with E-state index >= 15 is 0 Å². The molecule has 6 nitrogen and oxygen atoms in total. The van der Waals surface area contributed by atoms with Crippen molar-refractivity contribution in [3.05, 3.63) is 53.9 Å². The van der Waals surface area contributed by atoms with Gasteiger partial charge in [0.05, 0.1) is 0 Å². The largest absolute Gasteiger partial charge is 0.381 e. The zero-order chi connectivity index (χ0) is 16.4. The molecule has 1 aliphatic rings. The smallest absolute Gasteiger partial charge is 0.178 e. The summed E-state index contributed by atoms with van der Waals surface area (Å²) < 4.78 is 7.36. The molecule has 1 N–H and O–H groups in total. The van der Waals surface area contributed by atoms with Gasteiger partial charge in [0.2, 0.25) is 0 Å². The second-order valence-corrected chi connectivity index (χ2v) is 6.35. The van der Waals surface area contributed by atoms with Crippen LogP contribution in [0.5, 0.6) is 0 Å². The van der Waals surface area contributed by atoms with Crippen LogP contribution in [0.4, 0.5) is 5.82 Å². The monoisotopic (exact) mass is 323 g/mol. The molecular weight excluding hydrogens is 302 g/mol. The zero-order valence-electron chi connectivity index (χ0n) is 13.8. The van der Waals surface area contributed by atoms with Crippen molar-refractivity contribution in [2.45, 2.75) is 25.2 Å². The van der Waals surface area contributed by atoms with E-state index in [9.17, 15) is 0 Å². The number of nitrogens with one attached hydrogen (secondary N) is 1. The van der Waals surface area contributed by atoms with Crippen LogP contribution in [0.3, 0.4) is 0 Å². The van der Waals surface area contributed by atoms with Gasteiger partial charge < -0.3 is 10.1 Å². The van der Waals surface area contributed by atoms with Crippen molar-refractivity contribution in [1.82, 2.24) is 19.8 Å². The minimum atomic E-state index is 0.0817. The number of hydrogen-bond acceptors (Lipinski definition) is 5. The topological polar surface area (TPSA) is 64.3 Å². The van der Waals surface area contributed by atoms with Gasteiger partial charge in [-0.25, -0.2) is 0 Å². The number of anilines is 1. The Morgan fingerprint density at radius 2 is 1.88 bits per heavy atom. The van der Waals surface area contributed by atoms with Crippen molar-refractivity contribution in [3.63, 3.8) is 0 Å². The SMILES string of the molecule is Cc1nnc2ccc(NCC3(c4ccccc4)CCOCC3)nn12. The van der Waals surface area contributed by atoms with Gasteiger partial charge in [0.25, 0.3) is 0 Å². The predicted molar refractivity (Wildman–Crippen MR) is 92.2 cm³/mol. The first-order valence-electron chi connectivity index (χ1n) is 8.33. The van der Waals surface area contributed by atoms with E-state index in [0.29, 0.717) is 0 Å². The number of ether oxygens (including phenoxy) is 1. The van der Waals surface area contributed by atoms with E-state index in [2.05, 4.69) is 50.9 Å². The molecular formula is C18H21N5O. The van der Waals surface area contributed by atoms with Crippen molar-refractivity contribution < 1.29 is 4.74 Å². The molecule has 24 heavy (non-hydrogen) atoms. The molecule has 1 aromatic carbocycles. The van der Waals surface area contributed by atoms with Gasteiger partial charge in [-0.2, -0.15) is 4.52 Å². The molecule has 0 spiro atoms. The molecule has 0 aliphatic carbocycles. The van der Waals surface area contributed by atoms with Crippen molar-refractivity contribution in [3.8, 4) is 0 Å². The van der Waals surface area contributed by atoms with Gasteiger partial charge in [0, 0.05) is 25.2 Å². The summed E-state index contributed by atoms with van der Waals surface area (Å²) >= 11 is 0. The minimum Gasteiger partial charge on any atom is -0.381 e. The Bertz CT molecular complexity index is 824. The van der Waals surface area contributed by atoms with Gasteiger partial charge in [-0.05, 0) is 37.5 Å². The Hall–Kier alpha value is -2.47. The molecule has 3 heterocycles. The molecule has 3 aromatic rings. The van der Waals surface area contributed by atoms with E-state index in [1.54, 1.807) is 4.52 Å². The van der Waals surface area contributed by atoms with Crippen LogP contribution in [0.1, 0.15) is 24.2 Å². The summed E-state index contributed by atoms with van der Waals surface area (Å²) in [5.74, 6) is 1.63. The summed E-state index contributed by atoms with van der Waals surface area (Å²) in [7, 11) is 0. The standard InChI is InChI=1S/C18H21N5O/c1-14-20-21-17-8-7-16(22-23(14)17)19-13-18(9-11-24-12-10-18)15-5-3-2-4-6-15/h2-8H,9-13H2,1H3,(H,19,22). The lowest BCUT2D eigenvalue weighted by Gasteiger charge is -2.38. The quantitative estimate of drug-likeness (QED) is 0.799. The molecule has 2 aromatic heterocycles. The van der Waals surface area contributed by atoms with Crippen LogP contribution in [-0.2, 0) is 10.2 Å². The normalized spacial score (nSPS) is 17.0. The second kappa shape index (κ2) is 6.20. The molecule has 0 bridgehead atoms. The molecule has 1 saturated heterocycles. The minimum absolute atomic E-state index is 0.0817. The van der Waals surface area contributed by atoms with Crippen LogP contribution < -0.4 is 5.32 Å². The van der Waals surface area contributed by atoms with E-state index < -0.39 is 0 Å². The van der Waals surface area contributed by atoms with Gasteiger partial charge in [0.15, 0.2) is 11.5 Å². The fourth-order valence-electron chi connectivity index (χ4n) is 3.37. The number of rotatable bonds is 4. The maximum Gasteiger partial charge on any atom is 0.178 e. The predicted octanol–water partition coefficient (Wildman–Crippen LogP) is 2.59. The van der Waals surface area contributed by atoms with Gasteiger partial charge in [-0.1, -0.05) is 30.3 Å². The fourth-order valence-corrected chi connectivity index (χ4v) is 3.37. The highest BCUT2D eigenvalue weighted by Gasteiger charge is 2.34. The molecule has 0 radical (unpaired) electrons. The zero-order valence-corrected chi connectivity index (χ0v) is 13.8. The summed E-state index contributed by atoms with van der Waals surface area (Å²) in [6, 6.07) is 14.6. The van der Waals surface area contributed by atoms with Crippen molar-refractivity contribution in [2.75, 3.05) is 25.1 Å².